The van der Waals surface area contributed by atoms with Crippen LogP contribution in [-0.4, -0.2) is 49.3 Å². The maximum Gasteiger partial charge on any atom is 0.303 e. The van der Waals surface area contributed by atoms with Crippen LogP contribution in [0.5, 0.6) is 0 Å². The number of aromatic nitrogens is 4. The summed E-state index contributed by atoms with van der Waals surface area (Å²) in [7, 11) is 0. The number of aliphatic carboxylic acids is 1. The van der Waals surface area contributed by atoms with Gasteiger partial charge in [0.2, 0.25) is 0 Å². The van der Waals surface area contributed by atoms with E-state index in [4.69, 9.17) is 19.4 Å². The van der Waals surface area contributed by atoms with Crippen molar-refractivity contribution in [3.05, 3.63) is 69.3 Å². The van der Waals surface area contributed by atoms with Gasteiger partial charge in [-0.25, -0.2) is 9.97 Å². The van der Waals surface area contributed by atoms with Crippen LogP contribution in [0.15, 0.2) is 24.3 Å². The van der Waals surface area contributed by atoms with E-state index in [1.807, 2.05) is 13.0 Å². The zero-order valence-electron chi connectivity index (χ0n) is 43.3. The topological polar surface area (TPSA) is 130 Å². The number of carboxylic acid groups (broad SMARTS) is 1. The first kappa shape index (κ1) is 54.9. The van der Waals surface area contributed by atoms with E-state index >= 15 is 0 Å². The van der Waals surface area contributed by atoms with Crippen molar-refractivity contribution in [3.8, 4) is 0 Å². The SMILES string of the molecule is CCCCCCCCCCCCOC(C)c1c(C)c2cc3[nH]c(cc4nc(cc5nc(cc1[nH]2)C(C)=C5CCC(=O)S)C(CCC(=O)O)=C4C)c(C)c3C(C)OCCCCCCCCCCCC. The molecule has 2 aliphatic rings. The molecule has 0 fully saturated rings. The fraction of sp³-hybridized carbons (Fsp3) is 0.621. The van der Waals surface area contributed by atoms with Crippen molar-refractivity contribution in [1.82, 2.24) is 19.9 Å². The smallest absolute Gasteiger partial charge is 0.303 e. The molecule has 2 unspecified atom stereocenters. The standard InChI is InChI=1S/C58H86N4O5S/c1-9-11-13-15-17-19-21-23-25-27-33-66-43(7)57-41(5)49-35-47-39(3)45(29-31-55(63)64)51(59-47)38-52-46(30-32-56(65)68)40(4)48(60-52)36-53-58(42(6)50(62-53)37-54(57)61-49)44(8)67-34-28-26-24-22-20-18-16-14-12-10-2/h35-38,43-44,61-62H,9-34H2,1-8H3,(H,63,64)(H,65,68). The molecule has 0 amide bonds. The quantitative estimate of drug-likeness (QED) is 0.0362. The fourth-order valence-corrected chi connectivity index (χ4v) is 10.3. The fourth-order valence-electron chi connectivity index (χ4n) is 10.2. The number of ether oxygens (including phenoxy) is 2. The summed E-state index contributed by atoms with van der Waals surface area (Å²) in [5, 5.41) is 9.60. The van der Waals surface area contributed by atoms with Crippen molar-refractivity contribution in [2.24, 2.45) is 0 Å². The van der Waals surface area contributed by atoms with Crippen molar-refractivity contribution in [1.29, 1.82) is 0 Å². The number of allylic oxidation sites excluding steroid dienone is 4. The Morgan fingerprint density at radius 3 is 1.31 bits per heavy atom. The Morgan fingerprint density at radius 2 is 0.897 bits per heavy atom. The van der Waals surface area contributed by atoms with E-state index in [1.165, 1.54) is 116 Å². The first-order valence-corrected chi connectivity index (χ1v) is 27.1. The number of aromatic amines is 2. The monoisotopic (exact) mass is 951 g/mol. The van der Waals surface area contributed by atoms with E-state index in [0.29, 0.717) is 31.7 Å². The van der Waals surface area contributed by atoms with Gasteiger partial charge in [0.1, 0.15) is 0 Å². The van der Waals surface area contributed by atoms with Crippen LogP contribution in [0, 0.1) is 13.8 Å². The van der Waals surface area contributed by atoms with Gasteiger partial charge in [0.15, 0.2) is 5.12 Å². The molecule has 374 valence electrons. The van der Waals surface area contributed by atoms with E-state index < -0.39 is 5.97 Å². The van der Waals surface area contributed by atoms with E-state index in [2.05, 4.69) is 89.3 Å². The Bertz CT molecular complexity index is 2350. The Morgan fingerprint density at radius 1 is 0.529 bits per heavy atom. The number of aryl methyl sites for hydroxylation is 2. The molecule has 9 nitrogen and oxygen atoms in total. The zero-order valence-corrected chi connectivity index (χ0v) is 44.2. The van der Waals surface area contributed by atoms with Crippen molar-refractivity contribution in [2.75, 3.05) is 13.2 Å². The van der Waals surface area contributed by atoms with E-state index in [9.17, 15) is 14.7 Å². The number of rotatable bonds is 32. The van der Waals surface area contributed by atoms with Crippen LogP contribution in [0.3, 0.4) is 0 Å². The normalized spacial score (nSPS) is 13.8. The average molecular weight is 951 g/mol. The third-order valence-electron chi connectivity index (χ3n) is 14.4. The lowest BCUT2D eigenvalue weighted by Gasteiger charge is -2.14. The second-order valence-corrected chi connectivity index (χ2v) is 20.2. The predicted octanol–water partition coefficient (Wildman–Crippen LogP) is 16.9. The summed E-state index contributed by atoms with van der Waals surface area (Å²) in [6, 6.07) is 8.43. The third kappa shape index (κ3) is 16.0. The van der Waals surface area contributed by atoms with Crippen LogP contribution in [0.1, 0.15) is 253 Å². The molecule has 2 atom stereocenters. The Hall–Kier alpha value is -3.99. The molecule has 0 aliphatic carbocycles. The van der Waals surface area contributed by atoms with Crippen LogP contribution >= 0.6 is 12.6 Å². The number of hydrogen-bond acceptors (Lipinski definition) is 6. The number of unbranched alkanes of at least 4 members (excludes halogenated alkanes) is 18. The minimum absolute atomic E-state index is 0.0183. The number of H-pyrrole nitrogens is 2. The molecule has 3 N–H and O–H groups in total. The molecule has 0 saturated carbocycles. The van der Waals surface area contributed by atoms with Crippen molar-refractivity contribution < 1.29 is 24.2 Å². The molecule has 10 heteroatoms. The Balaban J connectivity index is 1.55. The number of carbonyl (C=O) groups is 2. The van der Waals surface area contributed by atoms with Gasteiger partial charge in [-0.1, -0.05) is 129 Å². The highest BCUT2D eigenvalue weighted by Crippen LogP contribution is 2.40. The van der Waals surface area contributed by atoms with Crippen LogP contribution in [0.4, 0.5) is 0 Å². The molecule has 0 aromatic carbocycles. The first-order chi connectivity index (χ1) is 32.8. The average Bonchev–Trinajstić information content (AvgIpc) is 3.98. The van der Waals surface area contributed by atoms with Gasteiger partial charge in [0, 0.05) is 59.2 Å². The highest BCUT2D eigenvalue weighted by Gasteiger charge is 2.24. The molecule has 68 heavy (non-hydrogen) atoms. The third-order valence-corrected chi connectivity index (χ3v) is 14.6. The lowest BCUT2D eigenvalue weighted by atomic mass is 9.98. The molecular formula is C58H86N4O5S. The molecule has 0 spiro atoms. The number of thiol groups is 1. The van der Waals surface area contributed by atoms with Gasteiger partial charge >= 0.3 is 5.97 Å². The number of carboxylic acids is 1. The van der Waals surface area contributed by atoms with E-state index in [1.54, 1.807) is 0 Å². The highest BCUT2D eigenvalue weighted by atomic mass is 32.1. The van der Waals surface area contributed by atoms with Gasteiger partial charge in [-0.2, -0.15) is 0 Å². The molecule has 3 aromatic heterocycles. The summed E-state index contributed by atoms with van der Waals surface area (Å²) in [6.45, 7) is 18.7. The van der Waals surface area contributed by atoms with Crippen LogP contribution in [0.25, 0.3) is 44.4 Å². The maximum atomic E-state index is 12.2. The Kier molecular flexibility index (Phi) is 23.1. The van der Waals surface area contributed by atoms with E-state index in [-0.39, 0.29) is 30.2 Å². The van der Waals surface area contributed by atoms with Gasteiger partial charge in [-0.05, 0) is 125 Å². The second-order valence-electron chi connectivity index (χ2n) is 19.7. The summed E-state index contributed by atoms with van der Waals surface area (Å²) in [4.78, 5) is 42.2. The molecular weight excluding hydrogens is 865 g/mol. The summed E-state index contributed by atoms with van der Waals surface area (Å²) in [6.07, 6.45) is 26.3. The molecule has 8 bridgehead atoms. The number of nitrogens with zero attached hydrogens (tertiary/aromatic N) is 2. The van der Waals surface area contributed by atoms with Crippen LogP contribution < -0.4 is 0 Å². The minimum Gasteiger partial charge on any atom is -0.481 e. The summed E-state index contributed by atoms with van der Waals surface area (Å²) >= 11 is 4.12. The summed E-state index contributed by atoms with van der Waals surface area (Å²) < 4.78 is 13.3. The Labute approximate surface area is 414 Å². The minimum atomic E-state index is -0.859. The number of hydrogen-bond donors (Lipinski definition) is 4. The largest absolute Gasteiger partial charge is 0.481 e. The van der Waals surface area contributed by atoms with Crippen LogP contribution in [0.2, 0.25) is 0 Å². The molecule has 0 saturated heterocycles. The second kappa shape index (κ2) is 28.6. The molecule has 2 aliphatic heterocycles. The lowest BCUT2D eigenvalue weighted by Crippen LogP contribution is -2.03. The first-order valence-electron chi connectivity index (χ1n) is 26.7. The van der Waals surface area contributed by atoms with Crippen LogP contribution in [-0.2, 0) is 19.1 Å². The summed E-state index contributed by atoms with van der Waals surface area (Å²) in [5.41, 5.74) is 15.0. The van der Waals surface area contributed by atoms with Crippen molar-refractivity contribution in [3.63, 3.8) is 0 Å². The van der Waals surface area contributed by atoms with E-state index in [0.717, 1.165) is 96.5 Å². The molecule has 5 heterocycles. The number of nitrogens with one attached hydrogen (secondary N) is 2. The highest BCUT2D eigenvalue weighted by molar-refractivity contribution is 7.96. The predicted molar refractivity (Wildman–Crippen MR) is 288 cm³/mol. The van der Waals surface area contributed by atoms with Gasteiger partial charge in [-0.15, -0.1) is 12.6 Å². The van der Waals surface area contributed by atoms with Crippen molar-refractivity contribution in [2.45, 2.75) is 222 Å². The summed E-state index contributed by atoms with van der Waals surface area (Å²) in [5.74, 6) is -0.859. The number of fused-ring (bicyclic) bond motifs is 8. The van der Waals surface area contributed by atoms with Gasteiger partial charge in [0.05, 0.1) is 35.0 Å². The van der Waals surface area contributed by atoms with Crippen molar-refractivity contribution >= 4 is 68.1 Å². The molecule has 5 rings (SSSR count). The van der Waals surface area contributed by atoms with Gasteiger partial charge in [-0.3, -0.25) is 9.59 Å². The van der Waals surface area contributed by atoms with Gasteiger partial charge in [0.25, 0.3) is 0 Å². The molecule has 3 aromatic rings. The zero-order chi connectivity index (χ0) is 49.0. The molecule has 0 radical (unpaired) electrons. The van der Waals surface area contributed by atoms with Gasteiger partial charge < -0.3 is 24.5 Å². The lowest BCUT2D eigenvalue weighted by molar-refractivity contribution is -0.136. The number of carbonyl (C=O) groups excluding carboxylic acids is 1. The maximum absolute atomic E-state index is 12.2.